The van der Waals surface area contributed by atoms with Crippen molar-refractivity contribution < 1.29 is 0 Å². The van der Waals surface area contributed by atoms with Crippen LogP contribution in [0, 0.1) is 5.41 Å². The lowest BCUT2D eigenvalue weighted by Crippen LogP contribution is -2.29. The normalized spacial score (nSPS) is 14.0. The third-order valence-electron chi connectivity index (χ3n) is 2.90. The van der Waals surface area contributed by atoms with Gasteiger partial charge in [0, 0.05) is 12.6 Å². The molecule has 1 rings (SSSR count). The third kappa shape index (κ3) is 5.88. The SMILES string of the molecule is CC(C)NCC(CC(C)(C)C)c1ccccc1. The summed E-state index contributed by atoms with van der Waals surface area (Å²) < 4.78 is 0. The number of hydrogen-bond donors (Lipinski definition) is 1. The van der Waals surface area contributed by atoms with E-state index in [-0.39, 0.29) is 0 Å². The standard InChI is InChI=1S/C16H27N/c1-13(2)17-12-15(11-16(3,4)5)14-9-7-6-8-10-14/h6-10,13,15,17H,11-12H2,1-5H3. The number of rotatable bonds is 5. The van der Waals surface area contributed by atoms with Crippen molar-refractivity contribution in [2.75, 3.05) is 6.54 Å². The summed E-state index contributed by atoms with van der Waals surface area (Å²) in [7, 11) is 0. The molecule has 0 aliphatic heterocycles. The quantitative estimate of drug-likeness (QED) is 0.803. The third-order valence-corrected chi connectivity index (χ3v) is 2.90. The Hall–Kier alpha value is -0.820. The second-order valence-corrected chi connectivity index (χ2v) is 6.44. The molecular formula is C16H27N. The Labute approximate surface area is 107 Å². The average Bonchev–Trinajstić information content (AvgIpc) is 2.24. The fraction of sp³-hybridized carbons (Fsp3) is 0.625. The fourth-order valence-electron chi connectivity index (χ4n) is 2.15. The van der Waals surface area contributed by atoms with Crippen molar-refractivity contribution in [2.24, 2.45) is 5.41 Å². The maximum atomic E-state index is 3.57. The van der Waals surface area contributed by atoms with Crippen molar-refractivity contribution in [1.82, 2.24) is 5.32 Å². The highest BCUT2D eigenvalue weighted by molar-refractivity contribution is 5.20. The molecule has 0 fully saturated rings. The highest BCUT2D eigenvalue weighted by Crippen LogP contribution is 2.30. The maximum Gasteiger partial charge on any atom is 0.00227 e. The van der Waals surface area contributed by atoms with Gasteiger partial charge < -0.3 is 5.32 Å². The molecule has 17 heavy (non-hydrogen) atoms. The van der Waals surface area contributed by atoms with E-state index < -0.39 is 0 Å². The van der Waals surface area contributed by atoms with Gasteiger partial charge in [-0.25, -0.2) is 0 Å². The van der Waals surface area contributed by atoms with Crippen LogP contribution in [-0.4, -0.2) is 12.6 Å². The molecule has 1 N–H and O–H groups in total. The topological polar surface area (TPSA) is 12.0 Å². The van der Waals surface area contributed by atoms with E-state index in [1.54, 1.807) is 0 Å². The lowest BCUT2D eigenvalue weighted by atomic mass is 9.81. The summed E-state index contributed by atoms with van der Waals surface area (Å²) in [6.07, 6.45) is 1.22. The predicted molar refractivity (Wildman–Crippen MR) is 76.4 cm³/mol. The van der Waals surface area contributed by atoms with Crippen LogP contribution in [0.4, 0.5) is 0 Å². The predicted octanol–water partition coefficient (Wildman–Crippen LogP) is 4.20. The lowest BCUT2D eigenvalue weighted by Gasteiger charge is -2.27. The van der Waals surface area contributed by atoms with Crippen LogP contribution in [0.2, 0.25) is 0 Å². The molecule has 1 aromatic carbocycles. The Balaban J connectivity index is 2.72. The van der Waals surface area contributed by atoms with Crippen LogP contribution >= 0.6 is 0 Å². The second kappa shape index (κ2) is 6.20. The highest BCUT2D eigenvalue weighted by Gasteiger charge is 2.20. The molecule has 0 bridgehead atoms. The zero-order valence-corrected chi connectivity index (χ0v) is 12.0. The van der Waals surface area contributed by atoms with E-state index >= 15 is 0 Å². The first-order chi connectivity index (χ1) is 7.88. The van der Waals surface area contributed by atoms with Crippen molar-refractivity contribution in [3.63, 3.8) is 0 Å². The van der Waals surface area contributed by atoms with E-state index in [1.807, 2.05) is 0 Å². The minimum absolute atomic E-state index is 0.374. The van der Waals surface area contributed by atoms with E-state index in [0.717, 1.165) is 6.54 Å². The van der Waals surface area contributed by atoms with Crippen molar-refractivity contribution in [2.45, 2.75) is 53.0 Å². The minimum atomic E-state index is 0.374. The monoisotopic (exact) mass is 233 g/mol. The summed E-state index contributed by atoms with van der Waals surface area (Å²) in [6.45, 7) is 12.4. The lowest BCUT2D eigenvalue weighted by molar-refractivity contribution is 0.328. The molecule has 0 spiro atoms. The average molecular weight is 233 g/mol. The van der Waals surface area contributed by atoms with E-state index in [1.165, 1.54) is 12.0 Å². The number of hydrogen-bond acceptors (Lipinski definition) is 1. The van der Waals surface area contributed by atoms with Crippen molar-refractivity contribution in [1.29, 1.82) is 0 Å². The molecular weight excluding hydrogens is 206 g/mol. The van der Waals surface area contributed by atoms with Gasteiger partial charge in [-0.05, 0) is 23.3 Å². The second-order valence-electron chi connectivity index (χ2n) is 6.44. The summed E-state index contributed by atoms with van der Waals surface area (Å²) in [5.41, 5.74) is 1.83. The van der Waals surface area contributed by atoms with Gasteiger partial charge in [0.15, 0.2) is 0 Å². The molecule has 1 aromatic rings. The van der Waals surface area contributed by atoms with Crippen LogP contribution in [0.1, 0.15) is 52.5 Å². The van der Waals surface area contributed by atoms with E-state index in [0.29, 0.717) is 17.4 Å². The van der Waals surface area contributed by atoms with Crippen LogP contribution in [0.15, 0.2) is 30.3 Å². The Morgan fingerprint density at radius 2 is 1.65 bits per heavy atom. The molecule has 0 aliphatic carbocycles. The van der Waals surface area contributed by atoms with Crippen LogP contribution in [0.25, 0.3) is 0 Å². The molecule has 96 valence electrons. The molecule has 0 saturated heterocycles. The largest absolute Gasteiger partial charge is 0.314 e. The van der Waals surface area contributed by atoms with Crippen LogP contribution in [0.5, 0.6) is 0 Å². The summed E-state index contributed by atoms with van der Waals surface area (Å²) >= 11 is 0. The van der Waals surface area contributed by atoms with Gasteiger partial charge in [-0.1, -0.05) is 65.0 Å². The Bertz CT molecular complexity index is 308. The zero-order valence-electron chi connectivity index (χ0n) is 12.0. The summed E-state index contributed by atoms with van der Waals surface area (Å²) in [6, 6.07) is 11.4. The van der Waals surface area contributed by atoms with Crippen LogP contribution in [-0.2, 0) is 0 Å². The molecule has 0 aliphatic rings. The molecule has 1 nitrogen and oxygen atoms in total. The maximum absolute atomic E-state index is 3.57. The molecule has 1 heteroatoms. The van der Waals surface area contributed by atoms with Crippen LogP contribution in [0.3, 0.4) is 0 Å². The highest BCUT2D eigenvalue weighted by atomic mass is 14.9. The van der Waals surface area contributed by atoms with E-state index in [9.17, 15) is 0 Å². The Morgan fingerprint density at radius 1 is 1.06 bits per heavy atom. The number of nitrogens with one attached hydrogen (secondary N) is 1. The van der Waals surface area contributed by atoms with Crippen molar-refractivity contribution in [3.05, 3.63) is 35.9 Å². The molecule has 1 atom stereocenters. The molecule has 0 amide bonds. The smallest absolute Gasteiger partial charge is 0.00227 e. The van der Waals surface area contributed by atoms with Gasteiger partial charge in [0.1, 0.15) is 0 Å². The minimum Gasteiger partial charge on any atom is -0.314 e. The van der Waals surface area contributed by atoms with Gasteiger partial charge in [-0.15, -0.1) is 0 Å². The van der Waals surface area contributed by atoms with Gasteiger partial charge in [0.2, 0.25) is 0 Å². The molecule has 0 radical (unpaired) electrons. The van der Waals surface area contributed by atoms with E-state index in [4.69, 9.17) is 0 Å². The first-order valence-electron chi connectivity index (χ1n) is 6.67. The Kier molecular flexibility index (Phi) is 5.20. The first kappa shape index (κ1) is 14.2. The molecule has 0 heterocycles. The van der Waals surface area contributed by atoms with Gasteiger partial charge in [0.25, 0.3) is 0 Å². The van der Waals surface area contributed by atoms with Gasteiger partial charge in [0.05, 0.1) is 0 Å². The van der Waals surface area contributed by atoms with Crippen LogP contribution < -0.4 is 5.32 Å². The molecule has 0 aromatic heterocycles. The Morgan fingerprint density at radius 3 is 2.12 bits per heavy atom. The molecule has 0 saturated carbocycles. The summed E-state index contributed by atoms with van der Waals surface area (Å²) in [4.78, 5) is 0. The molecule has 1 unspecified atom stereocenters. The van der Waals surface area contributed by atoms with E-state index in [2.05, 4.69) is 70.3 Å². The number of benzene rings is 1. The first-order valence-corrected chi connectivity index (χ1v) is 6.67. The zero-order chi connectivity index (χ0) is 12.9. The van der Waals surface area contributed by atoms with Crippen molar-refractivity contribution >= 4 is 0 Å². The van der Waals surface area contributed by atoms with Gasteiger partial charge in [-0.3, -0.25) is 0 Å². The summed E-state index contributed by atoms with van der Waals surface area (Å²) in [5, 5.41) is 3.57. The summed E-state index contributed by atoms with van der Waals surface area (Å²) in [5.74, 6) is 0.610. The van der Waals surface area contributed by atoms with Crippen molar-refractivity contribution in [3.8, 4) is 0 Å². The van der Waals surface area contributed by atoms with Gasteiger partial charge in [-0.2, -0.15) is 0 Å². The van der Waals surface area contributed by atoms with Gasteiger partial charge >= 0.3 is 0 Å². The fourth-order valence-corrected chi connectivity index (χ4v) is 2.15.